The number of hydrogen-bond acceptors (Lipinski definition) is 4. The molecule has 1 aliphatic heterocycles. The van der Waals surface area contributed by atoms with Gasteiger partial charge in [0, 0.05) is 26.2 Å². The lowest BCUT2D eigenvalue weighted by Gasteiger charge is -2.31. The van der Waals surface area contributed by atoms with Crippen molar-refractivity contribution >= 4 is 10.0 Å². The van der Waals surface area contributed by atoms with E-state index < -0.39 is 10.0 Å². The van der Waals surface area contributed by atoms with Gasteiger partial charge in [0.15, 0.2) is 0 Å². The van der Waals surface area contributed by atoms with E-state index in [-0.39, 0.29) is 12.5 Å². The minimum Gasteiger partial charge on any atom is -0.396 e. The molecule has 1 unspecified atom stereocenters. The van der Waals surface area contributed by atoms with E-state index in [2.05, 4.69) is 0 Å². The van der Waals surface area contributed by atoms with Gasteiger partial charge in [0.1, 0.15) is 0 Å². The highest BCUT2D eigenvalue weighted by Gasteiger charge is 2.29. The fourth-order valence-corrected chi connectivity index (χ4v) is 4.16. The van der Waals surface area contributed by atoms with Gasteiger partial charge in [-0.25, -0.2) is 8.42 Å². The Kier molecular flexibility index (Phi) is 5.15. The number of hydrogen-bond donors (Lipinski definition) is 2. The summed E-state index contributed by atoms with van der Waals surface area (Å²) in [6, 6.07) is 6.74. The average molecular weight is 298 g/mol. The number of benzene rings is 1. The predicted molar refractivity (Wildman–Crippen MR) is 77.5 cm³/mol. The number of sulfonamides is 1. The molecule has 0 radical (unpaired) electrons. The largest absolute Gasteiger partial charge is 0.396 e. The quantitative estimate of drug-likeness (QED) is 0.847. The second-order valence-electron chi connectivity index (χ2n) is 5.23. The summed E-state index contributed by atoms with van der Waals surface area (Å²) in [7, 11) is -3.43. The first-order valence-corrected chi connectivity index (χ1v) is 8.42. The van der Waals surface area contributed by atoms with E-state index in [4.69, 9.17) is 10.8 Å². The van der Waals surface area contributed by atoms with Crippen molar-refractivity contribution in [1.82, 2.24) is 4.31 Å². The summed E-state index contributed by atoms with van der Waals surface area (Å²) in [6.45, 7) is 1.58. The normalized spacial score (nSPS) is 21.0. The first-order valence-electron chi connectivity index (χ1n) is 6.98. The van der Waals surface area contributed by atoms with Crippen LogP contribution in [0, 0.1) is 5.92 Å². The van der Waals surface area contributed by atoms with Gasteiger partial charge in [0.25, 0.3) is 0 Å². The van der Waals surface area contributed by atoms with Gasteiger partial charge in [-0.2, -0.15) is 4.31 Å². The van der Waals surface area contributed by atoms with Crippen LogP contribution in [0.15, 0.2) is 29.2 Å². The molecular formula is C14H22N2O3S. The summed E-state index contributed by atoms with van der Waals surface area (Å²) in [5, 5.41) is 9.00. The third-order valence-electron chi connectivity index (χ3n) is 3.82. The van der Waals surface area contributed by atoms with Crippen LogP contribution in [0.1, 0.15) is 24.8 Å². The minimum absolute atomic E-state index is 0.115. The van der Waals surface area contributed by atoms with Crippen molar-refractivity contribution in [2.75, 3.05) is 19.7 Å². The molecule has 0 bridgehead atoms. The molecule has 1 aromatic rings. The molecule has 3 N–H and O–H groups in total. The topological polar surface area (TPSA) is 83.6 Å². The second-order valence-corrected chi connectivity index (χ2v) is 7.17. The Balaban J connectivity index is 2.16. The number of piperidine rings is 1. The summed E-state index contributed by atoms with van der Waals surface area (Å²) in [4.78, 5) is 0.319. The van der Waals surface area contributed by atoms with Crippen LogP contribution in [0.5, 0.6) is 0 Å². The van der Waals surface area contributed by atoms with Crippen molar-refractivity contribution < 1.29 is 13.5 Å². The van der Waals surface area contributed by atoms with Crippen LogP contribution < -0.4 is 5.73 Å². The monoisotopic (exact) mass is 298 g/mol. The van der Waals surface area contributed by atoms with Gasteiger partial charge in [-0.3, -0.25) is 0 Å². The lowest BCUT2D eigenvalue weighted by Crippen LogP contribution is -2.40. The van der Waals surface area contributed by atoms with Crippen LogP contribution in [-0.4, -0.2) is 37.5 Å². The summed E-state index contributed by atoms with van der Waals surface area (Å²) < 4.78 is 26.7. The van der Waals surface area contributed by atoms with Gasteiger partial charge in [0.2, 0.25) is 10.0 Å². The van der Waals surface area contributed by atoms with E-state index in [0.717, 1.165) is 18.4 Å². The van der Waals surface area contributed by atoms with Crippen molar-refractivity contribution in [3.05, 3.63) is 29.8 Å². The maximum Gasteiger partial charge on any atom is 0.243 e. The summed E-state index contributed by atoms with van der Waals surface area (Å²) in [5.74, 6) is 0.256. The highest BCUT2D eigenvalue weighted by molar-refractivity contribution is 7.89. The maximum atomic E-state index is 12.6. The zero-order valence-electron chi connectivity index (χ0n) is 11.5. The molecule has 1 heterocycles. The average Bonchev–Trinajstić information content (AvgIpc) is 2.48. The highest BCUT2D eigenvalue weighted by atomic mass is 32.2. The molecule has 0 aromatic heterocycles. The minimum atomic E-state index is -3.43. The Labute approximate surface area is 120 Å². The first-order chi connectivity index (χ1) is 9.57. The zero-order chi connectivity index (χ0) is 14.6. The van der Waals surface area contributed by atoms with E-state index >= 15 is 0 Å². The number of nitrogens with zero attached hydrogens (tertiary/aromatic N) is 1. The lowest BCUT2D eigenvalue weighted by atomic mass is 9.97. The fourth-order valence-electron chi connectivity index (χ4n) is 2.61. The molecule has 1 aliphatic rings. The van der Waals surface area contributed by atoms with Gasteiger partial charge in [-0.1, -0.05) is 12.1 Å². The Hall–Kier alpha value is -0.950. The van der Waals surface area contributed by atoms with Crippen LogP contribution in [0.3, 0.4) is 0 Å². The van der Waals surface area contributed by atoms with Crippen LogP contribution in [0.2, 0.25) is 0 Å². The Morgan fingerprint density at radius 2 is 2.00 bits per heavy atom. The van der Waals surface area contributed by atoms with E-state index in [0.29, 0.717) is 31.0 Å². The summed E-state index contributed by atoms with van der Waals surface area (Å²) in [6.07, 6.45) is 2.50. The Morgan fingerprint density at radius 3 is 2.60 bits per heavy atom. The van der Waals surface area contributed by atoms with Gasteiger partial charge in [-0.15, -0.1) is 0 Å². The zero-order valence-corrected chi connectivity index (χ0v) is 12.3. The summed E-state index contributed by atoms with van der Waals surface area (Å²) in [5.41, 5.74) is 6.44. The molecule has 1 aromatic carbocycles. The van der Waals surface area contributed by atoms with E-state index in [9.17, 15) is 8.42 Å². The molecule has 5 nitrogen and oxygen atoms in total. The molecule has 0 saturated carbocycles. The molecule has 0 amide bonds. The number of aliphatic hydroxyl groups is 1. The molecule has 0 spiro atoms. The van der Waals surface area contributed by atoms with Crippen molar-refractivity contribution in [1.29, 1.82) is 0 Å². The lowest BCUT2D eigenvalue weighted by molar-refractivity contribution is 0.203. The molecule has 1 atom stereocenters. The molecule has 20 heavy (non-hydrogen) atoms. The van der Waals surface area contributed by atoms with E-state index in [1.165, 1.54) is 4.31 Å². The highest BCUT2D eigenvalue weighted by Crippen LogP contribution is 2.25. The smallest absolute Gasteiger partial charge is 0.243 e. The molecule has 0 aliphatic carbocycles. The Morgan fingerprint density at radius 1 is 1.30 bits per heavy atom. The molecular weight excluding hydrogens is 276 g/mol. The van der Waals surface area contributed by atoms with Gasteiger partial charge in [-0.05, 0) is 42.9 Å². The van der Waals surface area contributed by atoms with Crippen LogP contribution >= 0.6 is 0 Å². The first kappa shape index (κ1) is 15.4. The predicted octanol–water partition coefficient (Wildman–Crippen LogP) is 0.928. The van der Waals surface area contributed by atoms with Crippen LogP contribution in [0.4, 0.5) is 0 Å². The number of nitrogens with two attached hydrogens (primary N) is 1. The van der Waals surface area contributed by atoms with Gasteiger partial charge < -0.3 is 10.8 Å². The maximum absolute atomic E-state index is 12.6. The SMILES string of the molecule is NCc1ccc(S(=O)(=O)N2CCCC(CCO)C2)cc1. The van der Waals surface area contributed by atoms with Crippen molar-refractivity contribution in [2.24, 2.45) is 11.7 Å². The van der Waals surface area contributed by atoms with Gasteiger partial charge >= 0.3 is 0 Å². The number of aliphatic hydroxyl groups excluding tert-OH is 1. The van der Waals surface area contributed by atoms with Crippen molar-refractivity contribution in [2.45, 2.75) is 30.7 Å². The van der Waals surface area contributed by atoms with E-state index in [1.54, 1.807) is 24.3 Å². The molecule has 1 saturated heterocycles. The summed E-state index contributed by atoms with van der Waals surface area (Å²) >= 11 is 0. The fraction of sp³-hybridized carbons (Fsp3) is 0.571. The van der Waals surface area contributed by atoms with Crippen LogP contribution in [-0.2, 0) is 16.6 Å². The molecule has 1 fully saturated rings. The third-order valence-corrected chi connectivity index (χ3v) is 5.70. The van der Waals surface area contributed by atoms with Crippen molar-refractivity contribution in [3.63, 3.8) is 0 Å². The van der Waals surface area contributed by atoms with Crippen LogP contribution in [0.25, 0.3) is 0 Å². The van der Waals surface area contributed by atoms with E-state index in [1.807, 2.05) is 0 Å². The second kappa shape index (κ2) is 6.67. The molecule has 2 rings (SSSR count). The standard InChI is InChI=1S/C14H22N2O3S/c15-10-12-3-5-14(6-4-12)20(18,19)16-8-1-2-13(11-16)7-9-17/h3-6,13,17H,1-2,7-11,15H2. The van der Waals surface area contributed by atoms with Crippen molar-refractivity contribution in [3.8, 4) is 0 Å². The molecule has 6 heteroatoms. The third kappa shape index (κ3) is 3.38. The Bertz CT molecular complexity index is 526. The number of rotatable bonds is 5. The van der Waals surface area contributed by atoms with Gasteiger partial charge in [0.05, 0.1) is 4.90 Å². The molecule has 112 valence electrons.